The second kappa shape index (κ2) is 14.0. The van der Waals surface area contributed by atoms with Crippen LogP contribution in [-0.4, -0.2) is 63.7 Å². The first-order chi connectivity index (χ1) is 18.2. The number of benzene rings is 2. The van der Waals surface area contributed by atoms with Crippen LogP contribution in [0.2, 0.25) is 0 Å². The van der Waals surface area contributed by atoms with Crippen LogP contribution in [0.1, 0.15) is 51.5 Å². The highest BCUT2D eigenvalue weighted by Crippen LogP contribution is 2.34. The minimum atomic E-state index is -3.61. The first kappa shape index (κ1) is 29.3. The van der Waals surface area contributed by atoms with E-state index >= 15 is 0 Å². The maximum Gasteiger partial charge on any atom is 0.242 e. The molecule has 0 aromatic heterocycles. The second-order valence-corrected chi connectivity index (χ2v) is 11.2. The number of hydrogen-bond donors (Lipinski definition) is 1. The molecule has 2 aromatic rings. The van der Waals surface area contributed by atoms with Gasteiger partial charge in [0.1, 0.15) is 19.3 Å². The zero-order valence-electron chi connectivity index (χ0n) is 22.5. The zero-order chi connectivity index (χ0) is 27.5. The number of fused-ring (bicyclic) bond motifs is 1. The molecule has 0 saturated carbocycles. The number of anilines is 1. The summed E-state index contributed by atoms with van der Waals surface area (Å²) >= 11 is 0. The number of sulfonamides is 1. The molecule has 1 heterocycles. The third-order valence-electron chi connectivity index (χ3n) is 6.38. The van der Waals surface area contributed by atoms with Crippen molar-refractivity contribution in [3.63, 3.8) is 0 Å². The van der Waals surface area contributed by atoms with Gasteiger partial charge in [-0.25, -0.2) is 8.42 Å². The van der Waals surface area contributed by atoms with E-state index in [0.29, 0.717) is 56.3 Å². The van der Waals surface area contributed by atoms with Crippen LogP contribution >= 0.6 is 0 Å². The summed E-state index contributed by atoms with van der Waals surface area (Å²) in [5, 5.41) is 2.95. The van der Waals surface area contributed by atoms with Gasteiger partial charge in [-0.1, -0.05) is 50.6 Å². The molecule has 1 N–H and O–H groups in total. The van der Waals surface area contributed by atoms with Gasteiger partial charge in [0.2, 0.25) is 21.8 Å². The molecule has 38 heavy (non-hydrogen) atoms. The second-order valence-electron chi connectivity index (χ2n) is 9.34. The van der Waals surface area contributed by atoms with Gasteiger partial charge in [-0.05, 0) is 37.0 Å². The Hall–Kier alpha value is -3.27. The SMILES string of the molecule is CCCCNC(=O)[C@@H](CC)N(Cc1ccccc1)C(=O)CCCN(c1ccc2c(c1)OCCO2)S(C)(=O)=O. The maximum atomic E-state index is 13.5. The number of rotatable bonds is 14. The molecule has 10 heteroatoms. The molecular formula is C28H39N3O6S. The Morgan fingerprint density at radius 1 is 1.00 bits per heavy atom. The van der Waals surface area contributed by atoms with E-state index in [0.717, 1.165) is 24.7 Å². The molecule has 1 atom stereocenters. The predicted octanol–water partition coefficient (Wildman–Crippen LogP) is 3.73. The molecule has 2 aromatic carbocycles. The van der Waals surface area contributed by atoms with Gasteiger partial charge in [0.25, 0.3) is 0 Å². The largest absolute Gasteiger partial charge is 0.486 e. The lowest BCUT2D eigenvalue weighted by Crippen LogP contribution is -2.49. The minimum Gasteiger partial charge on any atom is -0.486 e. The summed E-state index contributed by atoms with van der Waals surface area (Å²) in [4.78, 5) is 28.1. The fraction of sp³-hybridized carbons (Fsp3) is 0.500. The van der Waals surface area contributed by atoms with Crippen LogP contribution in [0.15, 0.2) is 48.5 Å². The number of nitrogens with zero attached hydrogens (tertiary/aromatic N) is 2. The van der Waals surface area contributed by atoms with Crippen molar-refractivity contribution in [3.05, 3.63) is 54.1 Å². The normalized spacial score (nSPS) is 13.4. The Bertz CT molecular complexity index is 1170. The van der Waals surface area contributed by atoms with E-state index < -0.39 is 16.1 Å². The molecular weight excluding hydrogens is 506 g/mol. The predicted molar refractivity (Wildman–Crippen MR) is 148 cm³/mol. The molecule has 0 unspecified atom stereocenters. The standard InChI is InChI=1S/C28H39N3O6S/c1-4-6-16-29-28(33)24(5-2)30(21-22-11-8-7-9-12-22)27(32)13-10-17-31(38(3,34)35)23-14-15-25-26(20-23)37-19-18-36-25/h7-9,11-12,14-15,20,24H,4-6,10,13,16-19,21H2,1-3H3,(H,29,33)/t24-/m1/s1. The first-order valence-electron chi connectivity index (χ1n) is 13.2. The highest BCUT2D eigenvalue weighted by Gasteiger charge is 2.29. The van der Waals surface area contributed by atoms with Crippen molar-refractivity contribution in [2.45, 2.75) is 58.5 Å². The van der Waals surface area contributed by atoms with Crippen molar-refractivity contribution in [2.75, 3.05) is 36.9 Å². The molecule has 3 rings (SSSR count). The van der Waals surface area contributed by atoms with Crippen molar-refractivity contribution >= 4 is 27.5 Å². The zero-order valence-corrected chi connectivity index (χ0v) is 23.3. The van der Waals surface area contributed by atoms with Crippen LogP contribution in [-0.2, 0) is 26.2 Å². The molecule has 0 spiro atoms. The van der Waals surface area contributed by atoms with Crippen molar-refractivity contribution in [1.82, 2.24) is 10.2 Å². The van der Waals surface area contributed by atoms with Crippen LogP contribution in [0.4, 0.5) is 5.69 Å². The summed E-state index contributed by atoms with van der Waals surface area (Å²) in [7, 11) is -3.61. The van der Waals surface area contributed by atoms with E-state index in [4.69, 9.17) is 9.47 Å². The summed E-state index contributed by atoms with van der Waals surface area (Å²) in [6.45, 7) is 5.77. The van der Waals surface area contributed by atoms with E-state index in [1.54, 1.807) is 23.1 Å². The lowest BCUT2D eigenvalue weighted by Gasteiger charge is -2.31. The smallest absolute Gasteiger partial charge is 0.242 e. The van der Waals surface area contributed by atoms with Gasteiger partial charge in [0, 0.05) is 32.1 Å². The van der Waals surface area contributed by atoms with Crippen LogP contribution < -0.4 is 19.1 Å². The van der Waals surface area contributed by atoms with Gasteiger partial charge in [-0.15, -0.1) is 0 Å². The molecule has 0 saturated heterocycles. The topological polar surface area (TPSA) is 105 Å². The number of carbonyl (C=O) groups is 2. The molecule has 0 fully saturated rings. The summed E-state index contributed by atoms with van der Waals surface area (Å²) in [5.74, 6) is 0.705. The lowest BCUT2D eigenvalue weighted by molar-refractivity contribution is -0.141. The van der Waals surface area contributed by atoms with Gasteiger partial charge in [-0.2, -0.15) is 0 Å². The van der Waals surface area contributed by atoms with Crippen LogP contribution in [0, 0.1) is 0 Å². The van der Waals surface area contributed by atoms with Crippen molar-refractivity contribution < 1.29 is 27.5 Å². The Morgan fingerprint density at radius 2 is 1.71 bits per heavy atom. The monoisotopic (exact) mass is 545 g/mol. The fourth-order valence-electron chi connectivity index (χ4n) is 4.40. The average Bonchev–Trinajstić information content (AvgIpc) is 2.90. The Morgan fingerprint density at radius 3 is 2.37 bits per heavy atom. The Balaban J connectivity index is 1.73. The summed E-state index contributed by atoms with van der Waals surface area (Å²) in [6, 6.07) is 14.0. The summed E-state index contributed by atoms with van der Waals surface area (Å²) < 4.78 is 37.7. The van der Waals surface area contributed by atoms with Gasteiger partial charge in [-0.3, -0.25) is 13.9 Å². The fourth-order valence-corrected chi connectivity index (χ4v) is 5.35. The number of amides is 2. The van der Waals surface area contributed by atoms with Crippen LogP contribution in [0.3, 0.4) is 0 Å². The van der Waals surface area contributed by atoms with Gasteiger partial charge in [0.15, 0.2) is 11.5 Å². The average molecular weight is 546 g/mol. The van der Waals surface area contributed by atoms with Crippen molar-refractivity contribution in [3.8, 4) is 11.5 Å². The number of nitrogens with one attached hydrogen (secondary N) is 1. The molecule has 2 amide bonds. The van der Waals surface area contributed by atoms with Crippen LogP contribution in [0.5, 0.6) is 11.5 Å². The first-order valence-corrected chi connectivity index (χ1v) is 15.1. The Kier molecular flexibility index (Phi) is 10.8. The van der Waals surface area contributed by atoms with E-state index in [1.165, 1.54) is 4.31 Å². The van der Waals surface area contributed by atoms with Crippen molar-refractivity contribution in [2.24, 2.45) is 0 Å². The lowest BCUT2D eigenvalue weighted by atomic mass is 10.1. The summed E-state index contributed by atoms with van der Waals surface area (Å²) in [5.41, 5.74) is 1.38. The maximum absolute atomic E-state index is 13.5. The van der Waals surface area contributed by atoms with E-state index in [-0.39, 0.29) is 24.8 Å². The van der Waals surface area contributed by atoms with E-state index in [2.05, 4.69) is 12.2 Å². The molecule has 208 valence electrons. The highest BCUT2D eigenvalue weighted by molar-refractivity contribution is 7.92. The highest BCUT2D eigenvalue weighted by atomic mass is 32.2. The number of carbonyl (C=O) groups excluding carboxylic acids is 2. The molecule has 0 bridgehead atoms. The van der Waals surface area contributed by atoms with Gasteiger partial charge in [0.05, 0.1) is 11.9 Å². The summed E-state index contributed by atoms with van der Waals surface area (Å²) in [6.07, 6.45) is 3.84. The van der Waals surface area contributed by atoms with Crippen LogP contribution in [0.25, 0.3) is 0 Å². The molecule has 0 aliphatic carbocycles. The van der Waals surface area contributed by atoms with Crippen molar-refractivity contribution in [1.29, 1.82) is 0 Å². The van der Waals surface area contributed by atoms with E-state index in [9.17, 15) is 18.0 Å². The Labute approximate surface area is 226 Å². The van der Waals surface area contributed by atoms with Gasteiger partial charge < -0.3 is 19.7 Å². The minimum absolute atomic E-state index is 0.0994. The quantitative estimate of drug-likeness (QED) is 0.363. The number of ether oxygens (including phenoxy) is 2. The third-order valence-corrected chi connectivity index (χ3v) is 7.57. The third kappa shape index (κ3) is 8.11. The molecule has 1 aliphatic rings. The molecule has 0 radical (unpaired) electrons. The van der Waals surface area contributed by atoms with E-state index in [1.807, 2.05) is 37.3 Å². The number of unbranched alkanes of at least 4 members (excludes halogenated alkanes) is 1. The molecule has 9 nitrogen and oxygen atoms in total. The number of hydrogen-bond acceptors (Lipinski definition) is 6. The van der Waals surface area contributed by atoms with Gasteiger partial charge >= 0.3 is 0 Å². The molecule has 1 aliphatic heterocycles.